The van der Waals surface area contributed by atoms with E-state index < -0.39 is 0 Å². The van der Waals surface area contributed by atoms with Crippen molar-refractivity contribution in [3.05, 3.63) is 48.0 Å². The molecule has 0 aliphatic carbocycles. The quantitative estimate of drug-likeness (QED) is 0.543. The Morgan fingerprint density at radius 3 is 3.07 bits per heavy atom. The van der Waals surface area contributed by atoms with E-state index in [9.17, 15) is 0 Å². The first-order valence-corrected chi connectivity index (χ1v) is 8.69. The number of aliphatic hydroxyl groups is 1. The second kappa shape index (κ2) is 6.40. The number of β-amino-alcohol motifs (C(OH)–C–C–N with tert-alkyl or cyclic N) is 1. The molecule has 0 saturated heterocycles. The van der Waals surface area contributed by atoms with Crippen LogP contribution < -0.4 is 0 Å². The van der Waals surface area contributed by atoms with Crippen LogP contribution in [0.4, 0.5) is 0 Å². The van der Waals surface area contributed by atoms with E-state index in [2.05, 4.69) is 25.5 Å². The highest BCUT2D eigenvalue weighted by atomic mass is 16.3. The molecule has 136 valence electrons. The molecule has 4 aromatic heterocycles. The van der Waals surface area contributed by atoms with Crippen LogP contribution in [0.25, 0.3) is 16.8 Å². The first-order chi connectivity index (χ1) is 13.3. The summed E-state index contributed by atoms with van der Waals surface area (Å²) in [4.78, 5) is 8.97. The highest BCUT2D eigenvalue weighted by molar-refractivity contribution is 5.73. The molecule has 10 nitrogen and oxygen atoms in total. The Kier molecular flexibility index (Phi) is 3.75. The van der Waals surface area contributed by atoms with Crippen molar-refractivity contribution in [2.24, 2.45) is 5.10 Å². The topological polar surface area (TPSA) is 110 Å². The van der Waals surface area contributed by atoms with E-state index in [1.807, 2.05) is 41.7 Å². The molecule has 5 heterocycles. The van der Waals surface area contributed by atoms with Gasteiger partial charge in [0, 0.05) is 25.2 Å². The Bertz CT molecular complexity index is 1130. The summed E-state index contributed by atoms with van der Waals surface area (Å²) in [5, 5.41) is 28.2. The first kappa shape index (κ1) is 15.8. The van der Waals surface area contributed by atoms with Crippen LogP contribution in [-0.4, -0.2) is 70.6 Å². The molecule has 0 bridgehead atoms. The number of aromatic nitrogens is 7. The van der Waals surface area contributed by atoms with Gasteiger partial charge in [-0.1, -0.05) is 5.21 Å². The maximum atomic E-state index is 9.06. The summed E-state index contributed by atoms with van der Waals surface area (Å²) in [5.41, 5.74) is 4.01. The third-order valence-electron chi connectivity index (χ3n) is 4.56. The summed E-state index contributed by atoms with van der Waals surface area (Å²) >= 11 is 0. The molecule has 0 amide bonds. The Hall–Kier alpha value is -3.40. The predicted octanol–water partition coefficient (Wildman–Crippen LogP) is 0.295. The van der Waals surface area contributed by atoms with Crippen molar-refractivity contribution in [2.45, 2.75) is 12.5 Å². The van der Waals surface area contributed by atoms with Gasteiger partial charge in [0.2, 0.25) is 0 Å². The fourth-order valence-electron chi connectivity index (χ4n) is 3.20. The zero-order valence-electron chi connectivity index (χ0n) is 14.4. The third kappa shape index (κ3) is 2.89. The summed E-state index contributed by atoms with van der Waals surface area (Å²) in [6, 6.07) is 7.73. The molecule has 1 aliphatic heterocycles. The lowest BCUT2D eigenvalue weighted by Crippen LogP contribution is -2.21. The average molecular weight is 363 g/mol. The number of imidazole rings is 1. The van der Waals surface area contributed by atoms with Gasteiger partial charge in [-0.2, -0.15) is 10.2 Å². The van der Waals surface area contributed by atoms with Crippen molar-refractivity contribution < 1.29 is 5.11 Å². The molecule has 0 fully saturated rings. The number of hydrogen-bond donors (Lipinski definition) is 1. The molecule has 0 spiro atoms. The van der Waals surface area contributed by atoms with Gasteiger partial charge in [0.05, 0.1) is 37.0 Å². The average Bonchev–Trinajstić information content (AvgIpc) is 3.41. The second-order valence-corrected chi connectivity index (χ2v) is 6.39. The zero-order chi connectivity index (χ0) is 18.2. The van der Waals surface area contributed by atoms with Crippen LogP contribution in [0.3, 0.4) is 0 Å². The first-order valence-electron chi connectivity index (χ1n) is 8.69. The normalized spacial score (nSPS) is 16.8. The fourth-order valence-corrected chi connectivity index (χ4v) is 3.20. The Balaban J connectivity index is 1.44. The Morgan fingerprint density at radius 1 is 1.19 bits per heavy atom. The number of fused-ring (bicyclic) bond motifs is 2. The molecular formula is C17H17N9O. The lowest BCUT2D eigenvalue weighted by Gasteiger charge is -2.14. The number of hydrogen-bond acceptors (Lipinski definition) is 8. The molecule has 5 rings (SSSR count). The van der Waals surface area contributed by atoms with Gasteiger partial charge in [-0.3, -0.25) is 5.01 Å². The Labute approximate surface area is 153 Å². The van der Waals surface area contributed by atoms with Gasteiger partial charge in [0.1, 0.15) is 5.52 Å². The van der Waals surface area contributed by atoms with Gasteiger partial charge >= 0.3 is 0 Å². The van der Waals surface area contributed by atoms with E-state index in [0.717, 1.165) is 22.6 Å². The van der Waals surface area contributed by atoms with E-state index >= 15 is 0 Å². The van der Waals surface area contributed by atoms with Gasteiger partial charge in [-0.25, -0.2) is 19.2 Å². The zero-order valence-corrected chi connectivity index (χ0v) is 14.4. The number of pyridine rings is 1. The lowest BCUT2D eigenvalue weighted by atomic mass is 10.1. The number of hydrazone groups is 1. The number of rotatable bonds is 5. The molecule has 1 aliphatic rings. The van der Waals surface area contributed by atoms with Crippen molar-refractivity contribution >= 4 is 23.0 Å². The highest BCUT2D eigenvalue weighted by Gasteiger charge is 2.21. The molecular weight excluding hydrogens is 346 g/mol. The molecule has 0 aromatic carbocycles. The lowest BCUT2D eigenvalue weighted by molar-refractivity contribution is 0.210. The SMILES string of the molecule is OCCN1CC(c2ccc3nnn(Cc4ccc5nccn5n4)c3n2)C=N1. The number of aliphatic hydroxyl groups excluding tert-OH is 1. The van der Waals surface area contributed by atoms with Crippen LogP contribution in [0.5, 0.6) is 0 Å². The summed E-state index contributed by atoms with van der Waals surface area (Å²) in [5.74, 6) is 0.0877. The molecule has 27 heavy (non-hydrogen) atoms. The van der Waals surface area contributed by atoms with Crippen LogP contribution in [0.1, 0.15) is 17.3 Å². The minimum absolute atomic E-state index is 0.0848. The van der Waals surface area contributed by atoms with Gasteiger partial charge in [0.25, 0.3) is 0 Å². The monoisotopic (exact) mass is 363 g/mol. The summed E-state index contributed by atoms with van der Waals surface area (Å²) in [7, 11) is 0. The highest BCUT2D eigenvalue weighted by Crippen LogP contribution is 2.21. The van der Waals surface area contributed by atoms with E-state index in [1.54, 1.807) is 15.4 Å². The Morgan fingerprint density at radius 2 is 2.15 bits per heavy atom. The minimum Gasteiger partial charge on any atom is -0.394 e. The largest absolute Gasteiger partial charge is 0.394 e. The summed E-state index contributed by atoms with van der Waals surface area (Å²) < 4.78 is 3.49. The molecule has 1 unspecified atom stereocenters. The van der Waals surface area contributed by atoms with Crippen LogP contribution in [-0.2, 0) is 6.54 Å². The van der Waals surface area contributed by atoms with E-state index in [0.29, 0.717) is 25.3 Å². The maximum Gasteiger partial charge on any atom is 0.179 e. The van der Waals surface area contributed by atoms with Crippen molar-refractivity contribution in [3.63, 3.8) is 0 Å². The summed E-state index contributed by atoms with van der Waals surface area (Å²) in [6.07, 6.45) is 5.40. The summed E-state index contributed by atoms with van der Waals surface area (Å²) in [6.45, 7) is 1.79. The van der Waals surface area contributed by atoms with Gasteiger partial charge in [-0.15, -0.1) is 5.10 Å². The van der Waals surface area contributed by atoms with Crippen molar-refractivity contribution in [2.75, 3.05) is 19.7 Å². The molecule has 1 N–H and O–H groups in total. The predicted molar refractivity (Wildman–Crippen MR) is 97.3 cm³/mol. The smallest absolute Gasteiger partial charge is 0.179 e. The van der Waals surface area contributed by atoms with E-state index in [-0.39, 0.29) is 12.5 Å². The number of nitrogens with zero attached hydrogens (tertiary/aromatic N) is 9. The van der Waals surface area contributed by atoms with Gasteiger partial charge < -0.3 is 5.11 Å². The van der Waals surface area contributed by atoms with Crippen LogP contribution >= 0.6 is 0 Å². The van der Waals surface area contributed by atoms with Crippen LogP contribution in [0.2, 0.25) is 0 Å². The van der Waals surface area contributed by atoms with E-state index in [1.165, 1.54) is 0 Å². The standard InChI is InChI=1S/C17H17N9O/c27-8-7-24-10-12(9-19-24)14-2-3-15-17(20-14)26(23-21-15)11-13-1-4-16-18-5-6-25(16)22-13/h1-6,9,12,27H,7-8,10-11H2. The van der Waals surface area contributed by atoms with Crippen LogP contribution in [0, 0.1) is 0 Å². The molecule has 1 atom stereocenters. The fraction of sp³-hybridized carbons (Fsp3) is 0.294. The third-order valence-corrected chi connectivity index (χ3v) is 4.56. The maximum absolute atomic E-state index is 9.06. The minimum atomic E-state index is 0.0848. The second-order valence-electron chi connectivity index (χ2n) is 6.39. The van der Waals surface area contributed by atoms with Crippen molar-refractivity contribution in [1.82, 2.24) is 39.6 Å². The van der Waals surface area contributed by atoms with Gasteiger partial charge in [-0.05, 0) is 24.3 Å². The molecule has 0 saturated carbocycles. The van der Waals surface area contributed by atoms with Crippen LogP contribution in [0.15, 0.2) is 41.8 Å². The molecule has 4 aromatic rings. The van der Waals surface area contributed by atoms with E-state index in [4.69, 9.17) is 10.1 Å². The van der Waals surface area contributed by atoms with Gasteiger partial charge in [0.15, 0.2) is 11.3 Å². The van der Waals surface area contributed by atoms with Crippen molar-refractivity contribution in [3.8, 4) is 0 Å². The molecule has 0 radical (unpaired) electrons. The molecule has 10 heteroatoms. The van der Waals surface area contributed by atoms with Crippen molar-refractivity contribution in [1.29, 1.82) is 0 Å².